The average Bonchev–Trinajstić information content (AvgIpc) is 3.85. The molecule has 3 aromatic rings. The SMILES string of the molecule is COc1ccc(S(=O)(=O)N(CC(C)C)C[C@@H](O)[C@H](Cc2ccc(CNCCP(=O)(N[C@@H](C)C(=O)OC(C)C)Oc3ccccc3)cc2)NC(=O)O[C@H]2CO[C@H]3OCC[C@H]32)cc1. The third kappa shape index (κ3) is 14.2. The summed E-state index contributed by atoms with van der Waals surface area (Å²) in [6, 6.07) is 20.5. The fourth-order valence-corrected chi connectivity index (χ4v) is 10.5. The van der Waals surface area contributed by atoms with Gasteiger partial charge in [-0.05, 0) is 87.1 Å². The van der Waals surface area contributed by atoms with E-state index in [1.54, 1.807) is 57.2 Å². The number of benzene rings is 3. The van der Waals surface area contributed by atoms with Crippen molar-refractivity contribution in [2.45, 2.75) is 95.6 Å². The van der Waals surface area contributed by atoms with Crippen LogP contribution in [0.5, 0.6) is 11.5 Å². The van der Waals surface area contributed by atoms with Crippen LogP contribution in [0.1, 0.15) is 52.2 Å². The van der Waals surface area contributed by atoms with Gasteiger partial charge in [0.25, 0.3) is 0 Å². The zero-order valence-corrected chi connectivity index (χ0v) is 37.4. The molecule has 0 saturated carbocycles. The Hall–Kier alpha value is -4.06. The molecule has 5 rings (SSSR count). The van der Waals surface area contributed by atoms with E-state index in [0.29, 0.717) is 31.1 Å². The van der Waals surface area contributed by atoms with E-state index in [0.717, 1.165) is 11.1 Å². The van der Waals surface area contributed by atoms with E-state index >= 15 is 0 Å². The number of hydrogen-bond donors (Lipinski definition) is 4. The number of ether oxygens (including phenoxy) is 5. The van der Waals surface area contributed by atoms with E-state index < -0.39 is 60.2 Å². The summed E-state index contributed by atoms with van der Waals surface area (Å²) in [4.78, 5) is 26.0. The van der Waals surface area contributed by atoms with Crippen LogP contribution in [0.3, 0.4) is 0 Å². The van der Waals surface area contributed by atoms with Gasteiger partial charge in [-0.3, -0.25) is 9.36 Å². The van der Waals surface area contributed by atoms with Gasteiger partial charge in [0.2, 0.25) is 10.0 Å². The number of hydrogen-bond acceptors (Lipinski definition) is 13. The molecule has 3 aromatic carbocycles. The summed E-state index contributed by atoms with van der Waals surface area (Å²) in [6.07, 6.45) is -2.45. The number of methoxy groups -OCH3 is 1. The first kappa shape index (κ1) is 48.0. The molecular weight excluding hydrogens is 828 g/mol. The lowest BCUT2D eigenvalue weighted by Gasteiger charge is -2.31. The van der Waals surface area contributed by atoms with E-state index in [1.807, 2.05) is 44.2 Å². The lowest BCUT2D eigenvalue weighted by molar-refractivity contribution is -0.149. The molecule has 0 aliphatic carbocycles. The van der Waals surface area contributed by atoms with Gasteiger partial charge >= 0.3 is 19.6 Å². The highest BCUT2D eigenvalue weighted by Crippen LogP contribution is 2.43. The zero-order valence-electron chi connectivity index (χ0n) is 35.7. The van der Waals surface area contributed by atoms with Gasteiger partial charge in [-0.15, -0.1) is 0 Å². The van der Waals surface area contributed by atoms with Gasteiger partial charge in [-0.2, -0.15) is 4.31 Å². The first-order chi connectivity index (χ1) is 29.0. The molecule has 2 heterocycles. The molecule has 2 fully saturated rings. The van der Waals surface area contributed by atoms with E-state index in [-0.39, 0.29) is 61.7 Å². The van der Waals surface area contributed by atoms with Crippen LogP contribution in [-0.2, 0) is 51.3 Å². The molecule has 2 aliphatic rings. The monoisotopic (exact) mass is 888 g/mol. The second kappa shape index (κ2) is 22.3. The molecule has 61 heavy (non-hydrogen) atoms. The largest absolute Gasteiger partial charge is 0.497 e. The van der Waals surface area contributed by atoms with Crippen LogP contribution in [0, 0.1) is 11.8 Å². The summed E-state index contributed by atoms with van der Waals surface area (Å²) in [7, 11) is -6.12. The zero-order chi connectivity index (χ0) is 44.2. The number of carbonyl (C=O) groups is 2. The molecule has 2 aliphatic heterocycles. The van der Waals surface area contributed by atoms with Crippen molar-refractivity contribution >= 4 is 29.6 Å². The highest BCUT2D eigenvalue weighted by Gasteiger charge is 2.44. The van der Waals surface area contributed by atoms with Gasteiger partial charge < -0.3 is 43.9 Å². The number of esters is 1. The van der Waals surface area contributed by atoms with Crippen LogP contribution in [-0.4, -0.2) is 113 Å². The number of aliphatic hydroxyl groups excluding tert-OH is 1. The molecule has 0 spiro atoms. The van der Waals surface area contributed by atoms with Crippen LogP contribution < -0.4 is 25.0 Å². The molecule has 0 radical (unpaired) electrons. The molecule has 1 unspecified atom stereocenters. The summed E-state index contributed by atoms with van der Waals surface area (Å²) < 4.78 is 76.5. The number of carbonyl (C=O) groups excluding carboxylic acids is 2. The minimum Gasteiger partial charge on any atom is -0.497 e. The normalized spacial score (nSPS) is 20.1. The van der Waals surface area contributed by atoms with Gasteiger partial charge in [-0.1, -0.05) is 56.3 Å². The molecule has 336 valence electrons. The van der Waals surface area contributed by atoms with Gasteiger partial charge in [0.05, 0.1) is 55.5 Å². The van der Waals surface area contributed by atoms with Crippen LogP contribution in [0.4, 0.5) is 4.79 Å². The van der Waals surface area contributed by atoms with Gasteiger partial charge in [0.1, 0.15) is 23.6 Å². The number of nitrogens with one attached hydrogen (secondary N) is 3. The molecular formula is C43H61N4O12PS. The van der Waals surface area contributed by atoms with Crippen molar-refractivity contribution in [1.82, 2.24) is 20.0 Å². The molecule has 0 bridgehead atoms. The molecule has 7 atom stereocenters. The number of fused-ring (bicyclic) bond motifs is 1. The number of amides is 1. The number of rotatable bonds is 23. The van der Waals surface area contributed by atoms with Crippen LogP contribution in [0.25, 0.3) is 0 Å². The second-order valence-electron chi connectivity index (χ2n) is 16.0. The predicted molar refractivity (Wildman–Crippen MR) is 229 cm³/mol. The highest BCUT2D eigenvalue weighted by molar-refractivity contribution is 7.89. The van der Waals surface area contributed by atoms with Gasteiger partial charge in [0, 0.05) is 26.2 Å². The minimum absolute atomic E-state index is 0.0486. The van der Waals surface area contributed by atoms with Crippen LogP contribution >= 0.6 is 7.52 Å². The van der Waals surface area contributed by atoms with Crippen LogP contribution in [0.2, 0.25) is 0 Å². The first-order valence-electron chi connectivity index (χ1n) is 20.7. The Morgan fingerprint density at radius 3 is 2.26 bits per heavy atom. The number of nitrogens with zero attached hydrogens (tertiary/aromatic N) is 1. The summed E-state index contributed by atoms with van der Waals surface area (Å²) >= 11 is 0. The Morgan fingerprint density at radius 1 is 0.918 bits per heavy atom. The molecule has 0 aromatic heterocycles. The van der Waals surface area contributed by atoms with E-state index in [4.69, 9.17) is 28.2 Å². The lowest BCUT2D eigenvalue weighted by atomic mass is 10.00. The second-order valence-corrected chi connectivity index (χ2v) is 20.2. The topological polar surface area (TPSA) is 200 Å². The summed E-state index contributed by atoms with van der Waals surface area (Å²) in [6.45, 7) is 10.1. The predicted octanol–water partition coefficient (Wildman–Crippen LogP) is 5.09. The third-order valence-electron chi connectivity index (χ3n) is 10.2. The molecule has 2 saturated heterocycles. The summed E-state index contributed by atoms with van der Waals surface area (Å²) in [5.74, 6) is 0.210. The van der Waals surface area contributed by atoms with E-state index in [1.165, 1.54) is 23.5 Å². The smallest absolute Gasteiger partial charge is 0.407 e. The Balaban J connectivity index is 1.25. The molecule has 4 N–H and O–H groups in total. The number of alkyl carbamates (subject to hydrolysis) is 1. The first-order valence-corrected chi connectivity index (χ1v) is 23.9. The molecule has 1 amide bonds. The van der Waals surface area contributed by atoms with Gasteiger partial charge in [-0.25, -0.2) is 18.3 Å². The maximum atomic E-state index is 14.0. The quantitative estimate of drug-likeness (QED) is 0.0558. The van der Waals surface area contributed by atoms with Crippen molar-refractivity contribution in [1.29, 1.82) is 0 Å². The maximum Gasteiger partial charge on any atom is 0.407 e. The van der Waals surface area contributed by atoms with Crippen molar-refractivity contribution in [2.24, 2.45) is 11.8 Å². The molecule has 16 nitrogen and oxygen atoms in total. The fourth-order valence-electron chi connectivity index (χ4n) is 7.04. The van der Waals surface area contributed by atoms with Crippen LogP contribution in [0.15, 0.2) is 83.8 Å². The Morgan fingerprint density at radius 2 is 1.61 bits per heavy atom. The summed E-state index contributed by atoms with van der Waals surface area (Å²) in [5, 5.41) is 20.8. The molecule has 18 heteroatoms. The van der Waals surface area contributed by atoms with Crippen molar-refractivity contribution < 1.29 is 55.9 Å². The van der Waals surface area contributed by atoms with E-state index in [2.05, 4.69) is 15.7 Å². The number of sulfonamides is 1. The highest BCUT2D eigenvalue weighted by atomic mass is 32.2. The van der Waals surface area contributed by atoms with Crippen molar-refractivity contribution in [3.05, 3.63) is 90.0 Å². The Bertz CT molecular complexity index is 2010. The standard InChI is InChI=1S/C43H61N4O12PS/c1-29(2)26-47(61(52,53)36-18-16-34(54-6)17-19-36)27-39(48)38(45-43(50)58-40-28-56-42-37(40)20-22-55-42)24-32-12-14-33(15-13-32)25-44-21-23-60(51,59-35-10-8-7-9-11-35)46-31(5)41(49)57-30(3)4/h7-19,29-31,37-40,42,44,48H,20-28H2,1-6H3,(H,45,50)(H,46,51)/t31-,37-,38-,39+,40-,42+,60?/m0/s1. The maximum absolute atomic E-state index is 14.0. The fraction of sp³-hybridized carbons (Fsp3) is 0.535. The summed E-state index contributed by atoms with van der Waals surface area (Å²) in [5.41, 5.74) is 1.67. The third-order valence-corrected chi connectivity index (χ3v) is 14.1. The number of para-hydroxylation sites is 1. The number of aliphatic hydroxyl groups is 1. The Kier molecular flexibility index (Phi) is 17.6. The van der Waals surface area contributed by atoms with Crippen molar-refractivity contribution in [3.8, 4) is 11.5 Å². The van der Waals surface area contributed by atoms with E-state index in [9.17, 15) is 27.7 Å². The Labute approximate surface area is 359 Å². The van der Waals surface area contributed by atoms with Crippen molar-refractivity contribution in [2.75, 3.05) is 46.1 Å². The minimum atomic E-state index is -4.05. The van der Waals surface area contributed by atoms with Crippen molar-refractivity contribution in [3.63, 3.8) is 0 Å². The van der Waals surface area contributed by atoms with Gasteiger partial charge in [0.15, 0.2) is 6.29 Å². The lowest BCUT2D eigenvalue weighted by Crippen LogP contribution is -2.51. The average molecular weight is 889 g/mol.